The van der Waals surface area contributed by atoms with Crippen LogP contribution in [0.5, 0.6) is 0 Å². The van der Waals surface area contributed by atoms with Gasteiger partial charge in [-0.25, -0.2) is 4.98 Å². The van der Waals surface area contributed by atoms with Gasteiger partial charge in [0.25, 0.3) is 0 Å². The molecule has 2 aromatic heterocycles. The SMILES string of the molecule is C[C@@H]1CCc2c(sc(NC(=O)Cc3csc(-c4ccccc4)n3)c2C#N)C1. The van der Waals surface area contributed by atoms with E-state index in [0.717, 1.165) is 41.1 Å². The number of hydrogen-bond acceptors (Lipinski definition) is 5. The minimum atomic E-state index is -0.122. The zero-order valence-corrected chi connectivity index (χ0v) is 16.6. The van der Waals surface area contributed by atoms with Gasteiger partial charge in [0.05, 0.1) is 17.7 Å². The summed E-state index contributed by atoms with van der Waals surface area (Å²) in [6.45, 7) is 2.24. The summed E-state index contributed by atoms with van der Waals surface area (Å²) in [6.07, 6.45) is 3.25. The van der Waals surface area contributed by atoms with E-state index in [-0.39, 0.29) is 12.3 Å². The van der Waals surface area contributed by atoms with E-state index in [1.54, 1.807) is 22.7 Å². The van der Waals surface area contributed by atoms with Gasteiger partial charge in [-0.3, -0.25) is 4.79 Å². The maximum Gasteiger partial charge on any atom is 0.231 e. The van der Waals surface area contributed by atoms with Crippen LogP contribution in [0.25, 0.3) is 10.6 Å². The standard InChI is InChI=1S/C21H19N3OS2/c1-13-7-8-16-17(11-22)21(27-18(16)9-13)24-19(25)10-15-12-26-20(23-15)14-5-3-2-4-6-14/h2-6,12-13H,7-10H2,1H3,(H,24,25)/t13-/m1/s1. The van der Waals surface area contributed by atoms with Gasteiger partial charge in [0, 0.05) is 15.8 Å². The van der Waals surface area contributed by atoms with Crippen molar-refractivity contribution in [2.45, 2.75) is 32.6 Å². The molecule has 1 aliphatic carbocycles. The van der Waals surface area contributed by atoms with Crippen molar-refractivity contribution < 1.29 is 4.79 Å². The zero-order chi connectivity index (χ0) is 18.8. The number of nitrogens with zero attached hydrogens (tertiary/aromatic N) is 2. The van der Waals surface area contributed by atoms with Crippen LogP contribution in [0.2, 0.25) is 0 Å². The number of fused-ring (bicyclic) bond motifs is 1. The Morgan fingerprint density at radius 1 is 1.37 bits per heavy atom. The van der Waals surface area contributed by atoms with E-state index in [2.05, 4.69) is 23.3 Å². The Hall–Kier alpha value is -2.49. The Labute approximate surface area is 166 Å². The van der Waals surface area contributed by atoms with Crippen LogP contribution in [-0.2, 0) is 24.1 Å². The fourth-order valence-electron chi connectivity index (χ4n) is 3.39. The summed E-state index contributed by atoms with van der Waals surface area (Å²) >= 11 is 3.10. The highest BCUT2D eigenvalue weighted by Crippen LogP contribution is 2.39. The maximum absolute atomic E-state index is 12.5. The second kappa shape index (κ2) is 7.63. The van der Waals surface area contributed by atoms with E-state index in [0.29, 0.717) is 16.5 Å². The molecule has 0 unspecified atom stereocenters. The lowest BCUT2D eigenvalue weighted by atomic mass is 9.89. The van der Waals surface area contributed by atoms with Gasteiger partial charge in [-0.2, -0.15) is 5.26 Å². The van der Waals surface area contributed by atoms with Crippen molar-refractivity contribution in [2.75, 3.05) is 5.32 Å². The van der Waals surface area contributed by atoms with Gasteiger partial charge < -0.3 is 5.32 Å². The average Bonchev–Trinajstić information content (AvgIpc) is 3.26. The molecule has 0 saturated carbocycles. The number of anilines is 1. The minimum Gasteiger partial charge on any atom is -0.316 e. The normalized spacial score (nSPS) is 15.8. The minimum absolute atomic E-state index is 0.122. The van der Waals surface area contributed by atoms with Crippen LogP contribution in [0.4, 0.5) is 5.00 Å². The van der Waals surface area contributed by atoms with Crippen LogP contribution in [0.15, 0.2) is 35.7 Å². The number of benzene rings is 1. The monoisotopic (exact) mass is 393 g/mol. The molecule has 27 heavy (non-hydrogen) atoms. The Kier molecular flexibility index (Phi) is 5.06. The highest BCUT2D eigenvalue weighted by molar-refractivity contribution is 7.16. The molecule has 0 fully saturated rings. The molecule has 4 nitrogen and oxygen atoms in total. The molecule has 136 valence electrons. The van der Waals surface area contributed by atoms with E-state index >= 15 is 0 Å². The Bertz CT molecular complexity index is 1010. The van der Waals surface area contributed by atoms with Gasteiger partial charge in [-0.15, -0.1) is 22.7 Å². The third-order valence-corrected chi connectivity index (χ3v) is 6.90. The fraction of sp³-hybridized carbons (Fsp3) is 0.286. The summed E-state index contributed by atoms with van der Waals surface area (Å²) in [6, 6.07) is 12.2. The van der Waals surface area contributed by atoms with Gasteiger partial charge >= 0.3 is 0 Å². The van der Waals surface area contributed by atoms with E-state index in [1.165, 1.54) is 4.88 Å². The summed E-state index contributed by atoms with van der Waals surface area (Å²) in [5, 5.41) is 16.0. The van der Waals surface area contributed by atoms with Gasteiger partial charge in [0.2, 0.25) is 5.91 Å². The second-order valence-electron chi connectivity index (χ2n) is 6.90. The van der Waals surface area contributed by atoms with Crippen molar-refractivity contribution in [2.24, 2.45) is 5.92 Å². The Morgan fingerprint density at radius 3 is 2.96 bits per heavy atom. The molecule has 4 rings (SSSR count). The van der Waals surface area contributed by atoms with Gasteiger partial charge in [-0.1, -0.05) is 37.3 Å². The Morgan fingerprint density at radius 2 is 2.19 bits per heavy atom. The fourth-order valence-corrected chi connectivity index (χ4v) is 5.60. The largest absolute Gasteiger partial charge is 0.316 e. The number of amides is 1. The van der Waals surface area contributed by atoms with Crippen LogP contribution in [0, 0.1) is 17.2 Å². The summed E-state index contributed by atoms with van der Waals surface area (Å²) in [4.78, 5) is 18.4. The van der Waals surface area contributed by atoms with Crippen molar-refractivity contribution in [3.63, 3.8) is 0 Å². The van der Waals surface area contributed by atoms with Crippen LogP contribution >= 0.6 is 22.7 Å². The van der Waals surface area contributed by atoms with Crippen molar-refractivity contribution in [3.05, 3.63) is 57.4 Å². The van der Waals surface area contributed by atoms with E-state index in [1.807, 2.05) is 35.7 Å². The summed E-state index contributed by atoms with van der Waals surface area (Å²) in [7, 11) is 0. The molecule has 0 bridgehead atoms. The highest BCUT2D eigenvalue weighted by atomic mass is 32.1. The number of carbonyl (C=O) groups is 1. The lowest BCUT2D eigenvalue weighted by molar-refractivity contribution is -0.115. The number of rotatable bonds is 4. The first kappa shape index (κ1) is 17.9. The van der Waals surface area contributed by atoms with Crippen molar-refractivity contribution >= 4 is 33.6 Å². The number of thiophene rings is 1. The molecule has 0 spiro atoms. The smallest absolute Gasteiger partial charge is 0.231 e. The molecule has 1 atom stereocenters. The van der Waals surface area contributed by atoms with Gasteiger partial charge in [-0.05, 0) is 30.7 Å². The number of thiazole rings is 1. The number of nitriles is 1. The summed E-state index contributed by atoms with van der Waals surface area (Å²) in [5.41, 5.74) is 3.60. The summed E-state index contributed by atoms with van der Waals surface area (Å²) < 4.78 is 0. The molecule has 1 amide bonds. The molecule has 0 saturated heterocycles. The quantitative estimate of drug-likeness (QED) is 0.674. The molecule has 6 heteroatoms. The first-order chi connectivity index (χ1) is 13.1. The molecule has 1 aliphatic rings. The molecular formula is C21H19N3OS2. The van der Waals surface area contributed by atoms with Crippen LogP contribution in [0.1, 0.15) is 35.0 Å². The molecule has 1 N–H and O–H groups in total. The average molecular weight is 394 g/mol. The molecule has 1 aromatic carbocycles. The van der Waals surface area contributed by atoms with Crippen LogP contribution in [-0.4, -0.2) is 10.9 Å². The van der Waals surface area contributed by atoms with Gasteiger partial charge in [0.15, 0.2) is 0 Å². The first-order valence-electron chi connectivity index (χ1n) is 8.98. The predicted molar refractivity (Wildman–Crippen MR) is 110 cm³/mol. The molecule has 3 aromatic rings. The summed E-state index contributed by atoms with van der Waals surface area (Å²) in [5.74, 6) is 0.515. The van der Waals surface area contributed by atoms with E-state index in [4.69, 9.17) is 0 Å². The molecule has 0 radical (unpaired) electrons. The predicted octanol–water partition coefficient (Wildman–Crippen LogP) is 5.05. The zero-order valence-electron chi connectivity index (χ0n) is 15.0. The molecule has 0 aliphatic heterocycles. The van der Waals surface area contributed by atoms with Crippen molar-refractivity contribution in [3.8, 4) is 16.6 Å². The van der Waals surface area contributed by atoms with Crippen molar-refractivity contribution in [1.82, 2.24) is 4.98 Å². The topological polar surface area (TPSA) is 65.8 Å². The molecular weight excluding hydrogens is 374 g/mol. The van der Waals surface area contributed by atoms with Crippen LogP contribution < -0.4 is 5.32 Å². The number of hydrogen-bond donors (Lipinski definition) is 1. The second-order valence-corrected chi connectivity index (χ2v) is 8.87. The van der Waals surface area contributed by atoms with E-state index < -0.39 is 0 Å². The van der Waals surface area contributed by atoms with Crippen molar-refractivity contribution in [1.29, 1.82) is 5.26 Å². The van der Waals surface area contributed by atoms with E-state index in [9.17, 15) is 10.1 Å². The van der Waals surface area contributed by atoms with Gasteiger partial charge in [0.1, 0.15) is 16.1 Å². The van der Waals surface area contributed by atoms with Crippen LogP contribution in [0.3, 0.4) is 0 Å². The maximum atomic E-state index is 12.5. The third kappa shape index (κ3) is 3.80. The third-order valence-electron chi connectivity index (χ3n) is 4.79. The molecule has 2 heterocycles. The number of nitrogens with one attached hydrogen (secondary N) is 1. The lowest BCUT2D eigenvalue weighted by Crippen LogP contribution is -2.14. The first-order valence-corrected chi connectivity index (χ1v) is 10.7. The number of carbonyl (C=O) groups excluding carboxylic acids is 1. The lowest BCUT2D eigenvalue weighted by Gasteiger charge is -2.17. The number of aromatic nitrogens is 1. The Balaban J connectivity index is 1.48. The highest BCUT2D eigenvalue weighted by Gasteiger charge is 2.24.